The zero-order chi connectivity index (χ0) is 19.8. The minimum atomic E-state index is -1.38. The number of ether oxygens (including phenoxy) is 1. The Balaban J connectivity index is 1.86. The average Bonchev–Trinajstić information content (AvgIpc) is 3.03. The van der Waals surface area contributed by atoms with Gasteiger partial charge < -0.3 is 15.2 Å². The molecule has 1 fully saturated rings. The number of hydrogen-bond acceptors (Lipinski definition) is 4. The van der Waals surface area contributed by atoms with E-state index in [1.54, 1.807) is 24.6 Å². The average molecular weight is 371 g/mol. The highest BCUT2D eigenvalue weighted by Gasteiger charge is 2.66. The van der Waals surface area contributed by atoms with E-state index in [0.29, 0.717) is 6.61 Å². The highest BCUT2D eigenvalue weighted by atomic mass is 16.5. The molecule has 1 aromatic carbocycles. The summed E-state index contributed by atoms with van der Waals surface area (Å²) in [7, 11) is 0. The Morgan fingerprint density at radius 1 is 1.33 bits per heavy atom. The molecule has 3 rings (SSSR count). The van der Waals surface area contributed by atoms with Crippen LogP contribution in [0.25, 0.3) is 5.69 Å². The largest absolute Gasteiger partial charge is 0.479 e. The van der Waals surface area contributed by atoms with E-state index < -0.39 is 22.8 Å². The summed E-state index contributed by atoms with van der Waals surface area (Å²) in [6.45, 7) is 7.83. The summed E-state index contributed by atoms with van der Waals surface area (Å²) in [5, 5.41) is 16.9. The number of aliphatic carboxylic acids is 1. The summed E-state index contributed by atoms with van der Waals surface area (Å²) in [6.07, 6.45) is 0.00956. The molecule has 1 heterocycles. The van der Waals surface area contributed by atoms with Crippen molar-refractivity contribution >= 4 is 11.9 Å². The van der Waals surface area contributed by atoms with Crippen LogP contribution in [0.5, 0.6) is 0 Å². The number of carboxylic acid groups (broad SMARTS) is 1. The van der Waals surface area contributed by atoms with E-state index >= 15 is 0 Å². The molecule has 1 saturated carbocycles. The first-order valence-electron chi connectivity index (χ1n) is 9.02. The zero-order valence-electron chi connectivity index (χ0n) is 16.0. The van der Waals surface area contributed by atoms with Crippen molar-refractivity contribution in [3.05, 3.63) is 47.8 Å². The van der Waals surface area contributed by atoms with E-state index in [9.17, 15) is 14.7 Å². The van der Waals surface area contributed by atoms with Gasteiger partial charge in [0.05, 0.1) is 11.8 Å². The summed E-state index contributed by atoms with van der Waals surface area (Å²) in [4.78, 5) is 24.8. The second-order valence-electron chi connectivity index (χ2n) is 7.45. The van der Waals surface area contributed by atoms with Gasteiger partial charge in [-0.2, -0.15) is 5.10 Å². The maximum absolute atomic E-state index is 12.8. The molecule has 2 atom stereocenters. The molecule has 0 bridgehead atoms. The van der Waals surface area contributed by atoms with E-state index in [1.807, 2.05) is 44.2 Å². The monoisotopic (exact) mass is 371 g/mol. The fraction of sp³-hybridized carbons (Fsp3) is 0.450. The Morgan fingerprint density at radius 2 is 2.00 bits per heavy atom. The van der Waals surface area contributed by atoms with Crippen molar-refractivity contribution in [1.29, 1.82) is 0 Å². The van der Waals surface area contributed by atoms with Crippen LogP contribution in [0.15, 0.2) is 36.4 Å². The third-order valence-electron chi connectivity index (χ3n) is 5.58. The van der Waals surface area contributed by atoms with E-state index in [1.165, 1.54) is 0 Å². The number of hydrogen-bond donors (Lipinski definition) is 2. The highest BCUT2D eigenvalue weighted by Crippen LogP contribution is 2.51. The number of amides is 1. The zero-order valence-corrected chi connectivity index (χ0v) is 16.0. The molecule has 7 heteroatoms. The van der Waals surface area contributed by atoms with Gasteiger partial charge in [-0.05, 0) is 32.0 Å². The molecule has 0 aliphatic heterocycles. The van der Waals surface area contributed by atoms with Crippen molar-refractivity contribution in [3.63, 3.8) is 0 Å². The first-order valence-corrected chi connectivity index (χ1v) is 9.02. The first kappa shape index (κ1) is 19.1. The normalized spacial score (nSPS) is 23.5. The topological polar surface area (TPSA) is 93.5 Å². The molecule has 1 aromatic heterocycles. The van der Waals surface area contributed by atoms with Gasteiger partial charge in [-0.3, -0.25) is 4.79 Å². The Morgan fingerprint density at radius 3 is 2.56 bits per heavy atom. The van der Waals surface area contributed by atoms with Gasteiger partial charge in [-0.1, -0.05) is 32.0 Å². The lowest BCUT2D eigenvalue weighted by atomic mass is 9.54. The number of para-hydroxylation sites is 1. The molecule has 144 valence electrons. The molecular weight excluding hydrogens is 346 g/mol. The second kappa shape index (κ2) is 6.81. The fourth-order valence-corrected chi connectivity index (χ4v) is 3.71. The Kier molecular flexibility index (Phi) is 4.82. The Labute approximate surface area is 158 Å². The van der Waals surface area contributed by atoms with Crippen molar-refractivity contribution in [2.45, 2.75) is 45.8 Å². The molecule has 2 aromatic rings. The predicted octanol–water partition coefficient (Wildman–Crippen LogP) is 2.57. The molecule has 1 aliphatic carbocycles. The number of nitrogens with one attached hydrogen (secondary N) is 1. The molecular formula is C20H25N3O4. The molecule has 0 spiro atoms. The van der Waals surface area contributed by atoms with E-state index in [2.05, 4.69) is 10.4 Å². The minimum Gasteiger partial charge on any atom is -0.479 e. The van der Waals surface area contributed by atoms with E-state index in [-0.39, 0.29) is 18.2 Å². The summed E-state index contributed by atoms with van der Waals surface area (Å²) < 4.78 is 7.30. The van der Waals surface area contributed by atoms with Gasteiger partial charge in [-0.25, -0.2) is 9.48 Å². The number of benzene rings is 1. The van der Waals surface area contributed by atoms with Crippen LogP contribution in [0.1, 0.15) is 43.4 Å². The number of carbonyl (C=O) groups excluding carboxylic acids is 1. The van der Waals surface area contributed by atoms with Gasteiger partial charge in [0.15, 0.2) is 5.69 Å². The second-order valence-corrected chi connectivity index (χ2v) is 7.45. The number of rotatable bonds is 6. The molecule has 0 saturated heterocycles. The lowest BCUT2D eigenvalue weighted by Crippen LogP contribution is -2.76. The molecule has 7 nitrogen and oxygen atoms in total. The maximum atomic E-state index is 12.8. The smallest absolute Gasteiger partial charge is 0.330 e. The van der Waals surface area contributed by atoms with Gasteiger partial charge in [-0.15, -0.1) is 0 Å². The quantitative estimate of drug-likeness (QED) is 0.814. The predicted molar refractivity (Wildman–Crippen MR) is 99.9 cm³/mol. The van der Waals surface area contributed by atoms with Crippen molar-refractivity contribution in [2.24, 2.45) is 5.41 Å². The summed E-state index contributed by atoms with van der Waals surface area (Å²) in [5.41, 5.74) is -0.304. The van der Waals surface area contributed by atoms with Gasteiger partial charge in [0, 0.05) is 24.1 Å². The number of carbonyl (C=O) groups is 2. The number of carboxylic acids is 1. The van der Waals surface area contributed by atoms with Crippen LogP contribution in [0.3, 0.4) is 0 Å². The van der Waals surface area contributed by atoms with Crippen LogP contribution in [0.2, 0.25) is 0 Å². The van der Waals surface area contributed by atoms with Gasteiger partial charge in [0.1, 0.15) is 5.54 Å². The van der Waals surface area contributed by atoms with Crippen molar-refractivity contribution in [2.75, 3.05) is 6.61 Å². The van der Waals surface area contributed by atoms with Crippen LogP contribution < -0.4 is 5.32 Å². The molecule has 1 aliphatic rings. The fourth-order valence-electron chi connectivity index (χ4n) is 3.71. The van der Waals surface area contributed by atoms with E-state index in [4.69, 9.17) is 4.74 Å². The van der Waals surface area contributed by atoms with Crippen molar-refractivity contribution in [3.8, 4) is 5.69 Å². The highest BCUT2D eigenvalue weighted by molar-refractivity contribution is 5.97. The number of nitrogens with zero attached hydrogens (tertiary/aromatic N) is 2. The van der Waals surface area contributed by atoms with Crippen molar-refractivity contribution in [1.82, 2.24) is 15.1 Å². The standard InChI is InChI=1S/C20H25N3O4/c1-5-27-16-12-20(18(25)26,19(16,3)4)21-17(24)15-11-13(2)23(22-15)14-9-7-6-8-10-14/h6-11,16H,5,12H2,1-4H3,(H,21,24)(H,25,26). The third kappa shape index (κ3) is 3.02. The summed E-state index contributed by atoms with van der Waals surface area (Å²) in [6, 6.07) is 11.1. The summed E-state index contributed by atoms with van der Waals surface area (Å²) >= 11 is 0. The molecule has 2 unspecified atom stereocenters. The van der Waals surface area contributed by atoms with E-state index in [0.717, 1.165) is 11.4 Å². The molecule has 27 heavy (non-hydrogen) atoms. The minimum absolute atomic E-state index is 0.188. The SMILES string of the molecule is CCOC1CC(NC(=O)c2cc(C)n(-c3ccccc3)n2)(C(=O)O)C1(C)C. The Bertz CT molecular complexity index is 859. The lowest BCUT2D eigenvalue weighted by molar-refractivity contribution is -0.190. The van der Waals surface area contributed by atoms with Crippen LogP contribution in [0, 0.1) is 12.3 Å². The number of aromatic nitrogens is 2. The van der Waals surface area contributed by atoms with Crippen LogP contribution in [-0.2, 0) is 9.53 Å². The van der Waals surface area contributed by atoms with Gasteiger partial charge in [0.25, 0.3) is 5.91 Å². The van der Waals surface area contributed by atoms with Crippen LogP contribution in [0.4, 0.5) is 0 Å². The maximum Gasteiger partial charge on any atom is 0.330 e. The first-order chi connectivity index (χ1) is 12.7. The molecule has 2 N–H and O–H groups in total. The van der Waals surface area contributed by atoms with Crippen LogP contribution in [-0.4, -0.2) is 45.0 Å². The molecule has 0 radical (unpaired) electrons. The van der Waals surface area contributed by atoms with Crippen molar-refractivity contribution < 1.29 is 19.4 Å². The third-order valence-corrected chi connectivity index (χ3v) is 5.58. The Hall–Kier alpha value is -2.67. The van der Waals surface area contributed by atoms with Crippen LogP contribution >= 0.6 is 0 Å². The summed E-state index contributed by atoms with van der Waals surface area (Å²) in [5.74, 6) is -1.56. The van der Waals surface area contributed by atoms with Gasteiger partial charge >= 0.3 is 5.97 Å². The van der Waals surface area contributed by atoms with Gasteiger partial charge in [0.2, 0.25) is 0 Å². The number of aryl methyl sites for hydroxylation is 1. The lowest BCUT2D eigenvalue weighted by Gasteiger charge is -2.58. The molecule has 1 amide bonds.